The van der Waals surface area contributed by atoms with E-state index in [1.54, 1.807) is 50.7 Å². The molecule has 7 aromatic carbocycles. The van der Waals surface area contributed by atoms with Gasteiger partial charge in [0, 0.05) is 74.6 Å². The molecule has 0 saturated heterocycles. The Bertz CT molecular complexity index is 5420. The highest BCUT2D eigenvalue weighted by molar-refractivity contribution is 5.86. The highest BCUT2D eigenvalue weighted by atomic mass is 16.7. The fourth-order valence-corrected chi connectivity index (χ4v) is 13.5. The van der Waals surface area contributed by atoms with Gasteiger partial charge in [-0.15, -0.1) is 0 Å². The first-order chi connectivity index (χ1) is 59.0. The largest absolute Gasteiger partial charge is 0.497 e. The van der Waals surface area contributed by atoms with Gasteiger partial charge in [-0.05, 0) is 222 Å². The number of hydrogen-bond donors (Lipinski definition) is 0. The van der Waals surface area contributed by atoms with Crippen molar-refractivity contribution in [2.45, 2.75) is 150 Å². The molecule has 129 heavy (non-hydrogen) atoms. The zero-order valence-corrected chi connectivity index (χ0v) is 73.8. The molecule has 27 nitrogen and oxygen atoms in total. The Morgan fingerprint density at radius 2 is 0.620 bits per heavy atom. The summed E-state index contributed by atoms with van der Waals surface area (Å²) in [6, 6.07) is 64.0. The summed E-state index contributed by atoms with van der Waals surface area (Å²) < 4.78 is 67.7. The summed E-state index contributed by atoms with van der Waals surface area (Å²) >= 11 is 0. The highest BCUT2D eigenvalue weighted by Gasteiger charge is 2.24. The summed E-state index contributed by atoms with van der Waals surface area (Å²) in [6.45, 7) is 14.1. The number of aryl methyl sites for hydroxylation is 5. The van der Waals surface area contributed by atoms with Crippen LogP contribution in [0.25, 0.3) is 36.5 Å². The van der Waals surface area contributed by atoms with Crippen LogP contribution in [0, 0.1) is 13.8 Å². The maximum absolute atomic E-state index is 11.3. The molecule has 0 amide bonds. The lowest BCUT2D eigenvalue weighted by Crippen LogP contribution is -2.22. The Hall–Kier alpha value is -14.0. The lowest BCUT2D eigenvalue weighted by atomic mass is 10.00. The van der Waals surface area contributed by atoms with Gasteiger partial charge in [0.25, 0.3) is 0 Å². The van der Waals surface area contributed by atoms with Crippen LogP contribution in [0.5, 0.6) is 34.5 Å². The first kappa shape index (κ1) is 109. The molecule has 0 aliphatic carbocycles. The van der Waals surface area contributed by atoms with Gasteiger partial charge in [-0.2, -0.15) is 0 Å². The van der Waals surface area contributed by atoms with Crippen LogP contribution < -0.4 is 39.7 Å². The van der Waals surface area contributed by atoms with Gasteiger partial charge in [0.1, 0.15) is 53.5 Å². The second-order valence-electron chi connectivity index (χ2n) is 30.0. The Morgan fingerprint density at radius 3 is 1.02 bits per heavy atom. The van der Waals surface area contributed by atoms with Crippen LogP contribution in [0.4, 0.5) is 0 Å². The molecule has 9 aromatic rings. The Balaban J connectivity index is 0.000000385. The predicted molar refractivity (Wildman–Crippen MR) is 497 cm³/mol. The number of fused-ring (bicyclic) bond motifs is 2. The second kappa shape index (κ2) is 56.8. The third-order valence-electron chi connectivity index (χ3n) is 19.5. The number of rotatable bonds is 19. The van der Waals surface area contributed by atoms with Crippen molar-refractivity contribution in [3.8, 4) is 34.5 Å². The molecule has 0 bridgehead atoms. The van der Waals surface area contributed by atoms with E-state index < -0.39 is 0 Å². The van der Waals surface area contributed by atoms with E-state index in [0.29, 0.717) is 18.3 Å². The zero-order chi connectivity index (χ0) is 86.5. The van der Waals surface area contributed by atoms with Gasteiger partial charge in [0.15, 0.2) is 23.0 Å². The van der Waals surface area contributed by atoms with E-state index in [2.05, 4.69) is 12.1 Å². The summed E-state index contributed by atoms with van der Waals surface area (Å²) in [6.07, 6.45) is 32.1. The quantitative estimate of drug-likeness (QED) is 0.0536. The van der Waals surface area contributed by atoms with Gasteiger partial charge in [0.05, 0.1) is 14.2 Å². The average Bonchev–Trinajstić information content (AvgIpc) is 1.73. The zero-order valence-electron chi connectivity index (χ0n) is 73.8. The molecule has 5 unspecified atom stereocenters. The lowest BCUT2D eigenvalue weighted by molar-refractivity contribution is -0.145. The third-order valence-corrected chi connectivity index (χ3v) is 19.5. The minimum atomic E-state index is -0.329. The number of esters is 5. The normalized spacial score (nSPS) is 16.8. The lowest BCUT2D eigenvalue weighted by Gasteiger charge is -2.21. The Kier molecular flexibility index (Phi) is 48.1. The molecular weight excluding hydrogens is 1660 g/mol. The van der Waals surface area contributed by atoms with Gasteiger partial charge >= 0.3 is 41.1 Å². The molecular formula is C102H118O27. The molecule has 7 aliphatic heterocycles. The number of methoxy groups -OCH3 is 2. The number of carbonyl (C=O) groups is 5. The number of carbonyl (C=O) groups excluding carboxylic acids is 5. The van der Waals surface area contributed by atoms with Crippen molar-refractivity contribution in [3.05, 3.63) is 353 Å². The molecule has 14 N–H and O–H groups in total. The first-order valence-electron chi connectivity index (χ1n) is 40.5. The second-order valence-corrected chi connectivity index (χ2v) is 30.0. The molecule has 16 rings (SSSR count). The number of hydrogen-bond acceptors (Lipinski definition) is 20. The maximum atomic E-state index is 11.3. The van der Waals surface area contributed by atoms with E-state index in [0.717, 1.165) is 166 Å². The summed E-state index contributed by atoms with van der Waals surface area (Å²) in [4.78, 5) is 78.5. The van der Waals surface area contributed by atoms with Crippen molar-refractivity contribution >= 4 is 66.3 Å². The summed E-state index contributed by atoms with van der Waals surface area (Å²) in [5.41, 5.74) is 14.5. The van der Waals surface area contributed by atoms with Crippen LogP contribution in [0.1, 0.15) is 148 Å². The average molecular weight is 1780 g/mol. The molecule has 0 spiro atoms. The van der Waals surface area contributed by atoms with Gasteiger partial charge in [-0.25, -0.2) is 33.6 Å². The third kappa shape index (κ3) is 39.2. The molecule has 7 aliphatic rings. The van der Waals surface area contributed by atoms with E-state index in [1.807, 2.05) is 261 Å². The smallest absolute Gasteiger partial charge is 0.336 e. The van der Waals surface area contributed by atoms with Gasteiger partial charge in [0.2, 0.25) is 13.6 Å². The number of cyclic esters (lactones) is 5. The molecule has 688 valence electrons. The van der Waals surface area contributed by atoms with Crippen LogP contribution in [0.3, 0.4) is 0 Å². The van der Waals surface area contributed by atoms with Crippen molar-refractivity contribution in [1.82, 2.24) is 0 Å². The Labute approximate surface area is 750 Å². The van der Waals surface area contributed by atoms with E-state index in [9.17, 15) is 33.6 Å². The molecule has 0 saturated carbocycles. The number of benzene rings is 7. The summed E-state index contributed by atoms with van der Waals surface area (Å²) in [7, 11) is 3.29. The van der Waals surface area contributed by atoms with Gasteiger partial charge < -0.3 is 99.3 Å². The standard InChI is InChI=1S/C15H16O4.C15H14O4.C15H18O3.C15H14O3.C14H16O2.C14H14O2.C14H12O2.7H2O/c2*1-10-6-12(19-15(16)7-10)4-2-11-3-5-13-14(8-11)18-9-17-13;2*1-11-9-14(18-15(16)10-11)8-5-12-3-6-13(17-2)7-4-12;3*1-11-9-13(16-14(15)10-11)8-7-12-5-3-2-4-6-12;;;;;;;/h3,5,7-8,12H,2,4,6,9H2,1H3;2-5,7-8,12H,6,9H2,1H3;3-4,6-7,10,14H,5,8-9H2,1-2H3;3-10H,1-2H3;2-6,10,13H,7-9H2,1H3;2-8,10,13H,9H2,1H3;2-10H,1H3;7*1H2/b;4-2+;;8-5+;;2*8-7+;;;;;;;. The van der Waals surface area contributed by atoms with E-state index in [-0.39, 0.29) is 117 Å². The molecule has 0 radical (unpaired) electrons. The summed E-state index contributed by atoms with van der Waals surface area (Å²) in [5.74, 6) is 4.77. The van der Waals surface area contributed by atoms with E-state index in [4.69, 9.17) is 60.9 Å². The topological polar surface area (TPSA) is 468 Å². The van der Waals surface area contributed by atoms with Gasteiger partial charge in [-0.3, -0.25) is 0 Å². The SMILES string of the molecule is CC1=CC(=O)OC(/C=C/c2ccc3c(c2)OCO3)C1.CC1=CC(=O)OC(/C=C/c2ccccc2)C1.CC1=CC(=O)OC(CCc2ccc3c(c2)OCO3)C1.CC1=CC(=O)OC(CCc2ccccc2)C1.COc1ccc(/C=C/c2cc(C)cc(=O)o2)cc1.COc1ccc(CCC2CC(C)=CC(=O)O2)cc1.Cc1cc(/C=C/c2ccccc2)oc(=O)c1.O.O.O.O.O.O.O. The number of ether oxygens (including phenoxy) is 11. The molecule has 9 heterocycles. The fraction of sp³-hybridized carbons (Fsp3) is 0.265. The van der Waals surface area contributed by atoms with Crippen molar-refractivity contribution in [2.24, 2.45) is 0 Å². The van der Waals surface area contributed by atoms with E-state index in [1.165, 1.54) is 34.9 Å². The fourth-order valence-electron chi connectivity index (χ4n) is 13.5. The monoisotopic (exact) mass is 1770 g/mol. The van der Waals surface area contributed by atoms with Crippen LogP contribution in [-0.4, -0.2) is 127 Å². The minimum Gasteiger partial charge on any atom is -0.497 e. The van der Waals surface area contributed by atoms with Crippen LogP contribution >= 0.6 is 0 Å². The molecule has 0 fully saturated rings. The van der Waals surface area contributed by atoms with Crippen LogP contribution in [0.2, 0.25) is 0 Å². The first-order valence-corrected chi connectivity index (χ1v) is 40.5. The van der Waals surface area contributed by atoms with E-state index >= 15 is 0 Å². The van der Waals surface area contributed by atoms with Crippen LogP contribution in [-0.2, 0) is 66.9 Å². The van der Waals surface area contributed by atoms with Crippen molar-refractivity contribution in [1.29, 1.82) is 0 Å². The molecule has 27 heteroatoms. The molecule has 2 aromatic heterocycles. The summed E-state index contributed by atoms with van der Waals surface area (Å²) in [5, 5.41) is 0. The minimum absolute atomic E-state index is 0. The highest BCUT2D eigenvalue weighted by Crippen LogP contribution is 2.35. The molecule has 5 atom stereocenters. The van der Waals surface area contributed by atoms with Gasteiger partial charge in [-0.1, -0.05) is 180 Å². The van der Waals surface area contributed by atoms with Crippen molar-refractivity contribution in [2.75, 3.05) is 27.8 Å². The van der Waals surface area contributed by atoms with Crippen molar-refractivity contribution in [3.63, 3.8) is 0 Å². The maximum Gasteiger partial charge on any atom is 0.336 e. The van der Waals surface area contributed by atoms with Crippen molar-refractivity contribution < 1.29 is 123 Å². The predicted octanol–water partition coefficient (Wildman–Crippen LogP) is 14.5. The van der Waals surface area contributed by atoms with Crippen LogP contribution in [0.15, 0.2) is 289 Å². The Morgan fingerprint density at radius 1 is 0.302 bits per heavy atom.